The van der Waals surface area contributed by atoms with E-state index in [-0.39, 0.29) is 5.91 Å². The Morgan fingerprint density at radius 2 is 2.09 bits per heavy atom. The van der Waals surface area contributed by atoms with Crippen LogP contribution in [0.3, 0.4) is 0 Å². The standard InChI is InChI=1S/C15H16N4O2S/c20-11-18-5-7-19(8-6-18)14(21)12-2-1-3-13(10-12)17-15-16-4-9-22-15/h1-4,9-11H,5-8H2,(H,16,17). The molecule has 2 aromatic rings. The Morgan fingerprint density at radius 3 is 2.77 bits per heavy atom. The number of carbonyl (C=O) groups excluding carboxylic acids is 2. The number of hydrogen-bond acceptors (Lipinski definition) is 5. The Hall–Kier alpha value is -2.41. The maximum Gasteiger partial charge on any atom is 0.254 e. The molecule has 1 aliphatic rings. The Bertz CT molecular complexity index is 651. The molecule has 2 amide bonds. The van der Waals surface area contributed by atoms with E-state index in [0.29, 0.717) is 31.7 Å². The van der Waals surface area contributed by atoms with Gasteiger partial charge in [0.15, 0.2) is 5.13 Å². The number of anilines is 2. The van der Waals surface area contributed by atoms with Crippen molar-refractivity contribution in [2.45, 2.75) is 0 Å². The molecular formula is C15H16N4O2S. The largest absolute Gasteiger partial charge is 0.342 e. The third kappa shape index (κ3) is 3.25. The van der Waals surface area contributed by atoms with Gasteiger partial charge in [0.1, 0.15) is 0 Å². The van der Waals surface area contributed by atoms with E-state index in [1.165, 1.54) is 11.3 Å². The Balaban J connectivity index is 1.69. The summed E-state index contributed by atoms with van der Waals surface area (Å²) < 4.78 is 0. The summed E-state index contributed by atoms with van der Waals surface area (Å²) in [6.07, 6.45) is 2.56. The molecular weight excluding hydrogens is 300 g/mol. The quantitative estimate of drug-likeness (QED) is 0.874. The second kappa shape index (κ2) is 6.57. The van der Waals surface area contributed by atoms with Gasteiger partial charge in [-0.2, -0.15) is 0 Å². The molecule has 1 aromatic heterocycles. The topological polar surface area (TPSA) is 65.5 Å². The predicted molar refractivity (Wildman–Crippen MR) is 85.4 cm³/mol. The van der Waals surface area contributed by atoms with Gasteiger partial charge in [0.2, 0.25) is 6.41 Å². The van der Waals surface area contributed by atoms with Gasteiger partial charge >= 0.3 is 0 Å². The predicted octanol–water partition coefficient (Wildman–Crippen LogP) is 1.80. The average Bonchev–Trinajstić information content (AvgIpc) is 3.07. The lowest BCUT2D eigenvalue weighted by Crippen LogP contribution is -2.48. The highest BCUT2D eigenvalue weighted by atomic mass is 32.1. The number of benzene rings is 1. The van der Waals surface area contributed by atoms with E-state index >= 15 is 0 Å². The van der Waals surface area contributed by atoms with Crippen molar-refractivity contribution < 1.29 is 9.59 Å². The monoisotopic (exact) mass is 316 g/mol. The van der Waals surface area contributed by atoms with Crippen molar-refractivity contribution in [1.82, 2.24) is 14.8 Å². The number of nitrogens with zero attached hydrogens (tertiary/aromatic N) is 3. The summed E-state index contributed by atoms with van der Waals surface area (Å²) in [7, 11) is 0. The molecule has 1 N–H and O–H groups in total. The number of nitrogens with one attached hydrogen (secondary N) is 1. The number of piperazine rings is 1. The molecule has 1 aliphatic heterocycles. The van der Waals surface area contributed by atoms with Crippen molar-refractivity contribution in [2.24, 2.45) is 0 Å². The molecule has 0 saturated carbocycles. The van der Waals surface area contributed by atoms with Crippen LogP contribution in [0.2, 0.25) is 0 Å². The summed E-state index contributed by atoms with van der Waals surface area (Å²) >= 11 is 1.51. The maximum absolute atomic E-state index is 12.5. The first-order chi connectivity index (χ1) is 10.8. The summed E-state index contributed by atoms with van der Waals surface area (Å²) in [6, 6.07) is 7.39. The SMILES string of the molecule is O=CN1CCN(C(=O)c2cccc(Nc3nccs3)c2)CC1. The lowest BCUT2D eigenvalue weighted by Gasteiger charge is -2.32. The van der Waals surface area contributed by atoms with Crippen LogP contribution in [0.4, 0.5) is 10.8 Å². The number of aromatic nitrogens is 1. The fourth-order valence-electron chi connectivity index (χ4n) is 2.35. The number of amides is 2. The molecule has 1 aromatic carbocycles. The number of thiazole rings is 1. The molecule has 0 spiro atoms. The molecule has 0 bridgehead atoms. The number of rotatable bonds is 4. The molecule has 3 rings (SSSR count). The van der Waals surface area contributed by atoms with Crippen LogP contribution in [0.5, 0.6) is 0 Å². The first-order valence-electron chi connectivity index (χ1n) is 7.01. The zero-order chi connectivity index (χ0) is 15.4. The molecule has 6 nitrogen and oxygen atoms in total. The fraction of sp³-hybridized carbons (Fsp3) is 0.267. The van der Waals surface area contributed by atoms with Crippen molar-refractivity contribution in [3.63, 3.8) is 0 Å². The molecule has 1 fully saturated rings. The van der Waals surface area contributed by atoms with Crippen LogP contribution in [0.1, 0.15) is 10.4 Å². The van der Waals surface area contributed by atoms with Crippen LogP contribution >= 0.6 is 11.3 Å². The number of carbonyl (C=O) groups is 2. The van der Waals surface area contributed by atoms with E-state index in [1.807, 2.05) is 29.6 Å². The van der Waals surface area contributed by atoms with Gasteiger partial charge in [0.05, 0.1) is 0 Å². The van der Waals surface area contributed by atoms with E-state index in [4.69, 9.17) is 0 Å². The van der Waals surface area contributed by atoms with Gasteiger partial charge in [-0.25, -0.2) is 4.98 Å². The zero-order valence-electron chi connectivity index (χ0n) is 11.9. The zero-order valence-corrected chi connectivity index (χ0v) is 12.8. The molecule has 7 heteroatoms. The van der Waals surface area contributed by atoms with E-state index < -0.39 is 0 Å². The van der Waals surface area contributed by atoms with Gasteiger partial charge in [0.25, 0.3) is 5.91 Å². The van der Waals surface area contributed by atoms with Crippen molar-refractivity contribution in [1.29, 1.82) is 0 Å². The smallest absolute Gasteiger partial charge is 0.254 e. The van der Waals surface area contributed by atoms with Gasteiger partial charge in [-0.1, -0.05) is 6.07 Å². The molecule has 1 saturated heterocycles. The Morgan fingerprint density at radius 1 is 1.27 bits per heavy atom. The molecule has 114 valence electrons. The van der Waals surface area contributed by atoms with Crippen LogP contribution < -0.4 is 5.32 Å². The molecule has 0 unspecified atom stereocenters. The van der Waals surface area contributed by atoms with E-state index in [9.17, 15) is 9.59 Å². The summed E-state index contributed by atoms with van der Waals surface area (Å²) in [4.78, 5) is 30.9. The van der Waals surface area contributed by atoms with Gasteiger partial charge in [-0.3, -0.25) is 9.59 Å². The normalized spacial score (nSPS) is 14.7. The molecule has 0 aliphatic carbocycles. The van der Waals surface area contributed by atoms with E-state index in [1.54, 1.807) is 16.0 Å². The van der Waals surface area contributed by atoms with Crippen molar-refractivity contribution in [3.8, 4) is 0 Å². The fourth-order valence-corrected chi connectivity index (χ4v) is 2.90. The minimum Gasteiger partial charge on any atom is -0.342 e. The first-order valence-corrected chi connectivity index (χ1v) is 7.89. The van der Waals surface area contributed by atoms with Crippen LogP contribution in [-0.2, 0) is 4.79 Å². The molecule has 0 radical (unpaired) electrons. The van der Waals surface area contributed by atoms with Gasteiger partial charge in [0, 0.05) is 49.0 Å². The minimum atomic E-state index is -0.00617. The molecule has 22 heavy (non-hydrogen) atoms. The summed E-state index contributed by atoms with van der Waals surface area (Å²) in [6.45, 7) is 2.32. The highest BCUT2D eigenvalue weighted by Crippen LogP contribution is 2.20. The highest BCUT2D eigenvalue weighted by molar-refractivity contribution is 7.13. The maximum atomic E-state index is 12.5. The van der Waals surface area contributed by atoms with Crippen molar-refractivity contribution in [3.05, 3.63) is 41.4 Å². The first kappa shape index (κ1) is 14.5. The molecule has 0 atom stereocenters. The summed E-state index contributed by atoms with van der Waals surface area (Å²) in [5.74, 6) is -0.00617. The lowest BCUT2D eigenvalue weighted by atomic mass is 10.1. The Kier molecular flexibility index (Phi) is 4.34. The minimum absolute atomic E-state index is 0.00617. The highest BCUT2D eigenvalue weighted by Gasteiger charge is 2.21. The van der Waals surface area contributed by atoms with Gasteiger partial charge in [-0.05, 0) is 18.2 Å². The summed E-state index contributed by atoms with van der Waals surface area (Å²) in [5.41, 5.74) is 1.48. The van der Waals surface area contributed by atoms with Crippen LogP contribution in [0.25, 0.3) is 0 Å². The van der Waals surface area contributed by atoms with Crippen LogP contribution in [-0.4, -0.2) is 53.3 Å². The third-order valence-corrected chi connectivity index (χ3v) is 4.23. The molecule has 2 heterocycles. The second-order valence-electron chi connectivity index (χ2n) is 4.98. The lowest BCUT2D eigenvalue weighted by molar-refractivity contribution is -0.119. The van der Waals surface area contributed by atoms with Crippen LogP contribution in [0.15, 0.2) is 35.8 Å². The third-order valence-electron chi connectivity index (χ3n) is 3.54. The van der Waals surface area contributed by atoms with E-state index in [2.05, 4.69) is 10.3 Å². The van der Waals surface area contributed by atoms with Gasteiger partial charge < -0.3 is 15.1 Å². The average molecular weight is 316 g/mol. The number of hydrogen-bond donors (Lipinski definition) is 1. The van der Waals surface area contributed by atoms with Crippen molar-refractivity contribution >= 4 is 34.5 Å². The van der Waals surface area contributed by atoms with Gasteiger partial charge in [-0.15, -0.1) is 11.3 Å². The second-order valence-corrected chi connectivity index (χ2v) is 5.87. The summed E-state index contributed by atoms with van der Waals surface area (Å²) in [5, 5.41) is 5.87. The van der Waals surface area contributed by atoms with E-state index in [0.717, 1.165) is 17.2 Å². The van der Waals surface area contributed by atoms with Crippen LogP contribution in [0, 0.1) is 0 Å². The Labute approximate surface area is 132 Å². The van der Waals surface area contributed by atoms with Crippen molar-refractivity contribution in [2.75, 3.05) is 31.5 Å².